The Morgan fingerprint density at radius 1 is 1.26 bits per heavy atom. The third-order valence-corrected chi connectivity index (χ3v) is 2.81. The summed E-state index contributed by atoms with van der Waals surface area (Å²) in [7, 11) is 3.27. The Kier molecular flexibility index (Phi) is 4.35. The van der Waals surface area contributed by atoms with Gasteiger partial charge in [-0.1, -0.05) is 5.21 Å². The van der Waals surface area contributed by atoms with Crippen molar-refractivity contribution in [3.8, 4) is 11.5 Å². The normalized spacial score (nSPS) is 10.5. The van der Waals surface area contributed by atoms with Crippen LogP contribution in [0.15, 0.2) is 24.4 Å². The molecule has 0 aliphatic heterocycles. The zero-order chi connectivity index (χ0) is 13.7. The van der Waals surface area contributed by atoms with Gasteiger partial charge in [-0.15, -0.1) is 5.10 Å². The summed E-state index contributed by atoms with van der Waals surface area (Å²) in [4.78, 5) is 0. The van der Waals surface area contributed by atoms with Crippen LogP contribution in [0.1, 0.15) is 11.3 Å². The van der Waals surface area contributed by atoms with Gasteiger partial charge in [0.15, 0.2) is 0 Å². The Hall–Kier alpha value is -2.08. The molecule has 0 spiro atoms. The molecule has 0 saturated heterocycles. The number of methoxy groups -OCH3 is 2. The zero-order valence-corrected chi connectivity index (χ0v) is 11.2. The average molecular weight is 262 g/mol. The molecule has 0 saturated carbocycles. The number of ether oxygens (including phenoxy) is 2. The molecule has 2 aromatic rings. The first-order chi connectivity index (χ1) is 9.26. The van der Waals surface area contributed by atoms with Gasteiger partial charge in [0.1, 0.15) is 11.5 Å². The molecule has 19 heavy (non-hydrogen) atoms. The monoisotopic (exact) mass is 262 g/mol. The summed E-state index contributed by atoms with van der Waals surface area (Å²) >= 11 is 0. The van der Waals surface area contributed by atoms with Crippen molar-refractivity contribution in [3.63, 3.8) is 0 Å². The number of aromatic nitrogens is 3. The fraction of sp³-hybridized carbons (Fsp3) is 0.385. The molecule has 6 heteroatoms. The van der Waals surface area contributed by atoms with Gasteiger partial charge in [-0.05, 0) is 18.7 Å². The molecule has 1 aromatic carbocycles. The van der Waals surface area contributed by atoms with E-state index in [4.69, 9.17) is 15.2 Å². The van der Waals surface area contributed by atoms with Crippen LogP contribution in [0.3, 0.4) is 0 Å². The number of benzene rings is 1. The van der Waals surface area contributed by atoms with Crippen LogP contribution in [-0.2, 0) is 13.0 Å². The molecule has 1 aromatic heterocycles. The van der Waals surface area contributed by atoms with Crippen molar-refractivity contribution in [2.45, 2.75) is 13.0 Å². The van der Waals surface area contributed by atoms with Crippen LogP contribution in [0, 0.1) is 0 Å². The van der Waals surface area contributed by atoms with Gasteiger partial charge in [0, 0.05) is 24.2 Å². The van der Waals surface area contributed by atoms with Gasteiger partial charge in [-0.25, -0.2) is 4.68 Å². The Morgan fingerprint density at radius 3 is 2.79 bits per heavy atom. The van der Waals surface area contributed by atoms with Crippen LogP contribution >= 0.6 is 0 Å². The third-order valence-electron chi connectivity index (χ3n) is 2.81. The first-order valence-electron chi connectivity index (χ1n) is 6.06. The molecular formula is C13H18N4O2. The number of hydrogen-bond acceptors (Lipinski definition) is 5. The number of nitrogens with two attached hydrogens (primary N) is 1. The highest BCUT2D eigenvalue weighted by molar-refractivity contribution is 5.40. The first-order valence-corrected chi connectivity index (χ1v) is 6.06. The van der Waals surface area contributed by atoms with E-state index >= 15 is 0 Å². The van der Waals surface area contributed by atoms with Gasteiger partial charge in [0.25, 0.3) is 0 Å². The molecule has 2 N–H and O–H groups in total. The molecule has 0 amide bonds. The molecule has 0 unspecified atom stereocenters. The Morgan fingerprint density at radius 2 is 2.11 bits per heavy atom. The van der Waals surface area contributed by atoms with Gasteiger partial charge in [0.2, 0.25) is 0 Å². The maximum absolute atomic E-state index is 5.49. The van der Waals surface area contributed by atoms with Crippen LogP contribution < -0.4 is 15.2 Å². The van der Waals surface area contributed by atoms with Crippen molar-refractivity contribution >= 4 is 0 Å². The molecule has 6 nitrogen and oxygen atoms in total. The summed E-state index contributed by atoms with van der Waals surface area (Å²) in [6, 6.07) is 5.71. The molecule has 0 bridgehead atoms. The topological polar surface area (TPSA) is 75.2 Å². The van der Waals surface area contributed by atoms with Crippen molar-refractivity contribution in [2.24, 2.45) is 5.73 Å². The SMILES string of the molecule is COc1ccc(Cn2cc(CCN)nn2)c(OC)c1. The molecule has 102 valence electrons. The maximum atomic E-state index is 5.49. The van der Waals surface area contributed by atoms with E-state index in [-0.39, 0.29) is 0 Å². The summed E-state index contributed by atoms with van der Waals surface area (Å²) in [6.07, 6.45) is 2.64. The second-order valence-corrected chi connectivity index (χ2v) is 4.12. The van der Waals surface area contributed by atoms with Gasteiger partial charge in [0.05, 0.1) is 26.5 Å². The molecule has 0 aliphatic carbocycles. The van der Waals surface area contributed by atoms with E-state index < -0.39 is 0 Å². The van der Waals surface area contributed by atoms with Crippen molar-refractivity contribution in [3.05, 3.63) is 35.7 Å². The minimum atomic E-state index is 0.574. The average Bonchev–Trinajstić information content (AvgIpc) is 2.87. The second kappa shape index (κ2) is 6.19. The van der Waals surface area contributed by atoms with E-state index in [1.165, 1.54) is 0 Å². The lowest BCUT2D eigenvalue weighted by Gasteiger charge is -2.09. The molecule has 0 fully saturated rings. The molecular weight excluding hydrogens is 244 g/mol. The third kappa shape index (κ3) is 3.23. The number of hydrogen-bond donors (Lipinski definition) is 1. The van der Waals surface area contributed by atoms with Crippen LogP contribution in [0.4, 0.5) is 0 Å². The van der Waals surface area contributed by atoms with E-state index in [2.05, 4.69) is 10.3 Å². The Labute approximate surface area is 112 Å². The van der Waals surface area contributed by atoms with Crippen molar-refractivity contribution in [2.75, 3.05) is 20.8 Å². The fourth-order valence-electron chi connectivity index (χ4n) is 1.84. The summed E-state index contributed by atoms with van der Waals surface area (Å²) in [5.74, 6) is 1.54. The standard InChI is InChI=1S/C13H18N4O2/c1-18-12-4-3-10(13(7-12)19-2)8-17-9-11(5-6-14)15-16-17/h3-4,7,9H,5-6,8,14H2,1-2H3. The summed E-state index contributed by atoms with van der Waals surface area (Å²) < 4.78 is 12.3. The predicted molar refractivity (Wildman–Crippen MR) is 71.4 cm³/mol. The highest BCUT2D eigenvalue weighted by Crippen LogP contribution is 2.25. The molecule has 0 radical (unpaired) electrons. The van der Waals surface area contributed by atoms with Gasteiger partial charge < -0.3 is 15.2 Å². The second-order valence-electron chi connectivity index (χ2n) is 4.12. The van der Waals surface area contributed by atoms with E-state index in [1.807, 2.05) is 24.4 Å². The van der Waals surface area contributed by atoms with Crippen molar-refractivity contribution < 1.29 is 9.47 Å². The van der Waals surface area contributed by atoms with E-state index in [1.54, 1.807) is 18.9 Å². The van der Waals surface area contributed by atoms with E-state index in [0.717, 1.165) is 29.2 Å². The van der Waals surface area contributed by atoms with Crippen LogP contribution in [0.2, 0.25) is 0 Å². The highest BCUT2D eigenvalue weighted by atomic mass is 16.5. The lowest BCUT2D eigenvalue weighted by atomic mass is 10.2. The summed E-state index contributed by atoms with van der Waals surface area (Å²) in [5.41, 5.74) is 7.41. The molecule has 0 aliphatic rings. The van der Waals surface area contributed by atoms with Crippen molar-refractivity contribution in [1.29, 1.82) is 0 Å². The van der Waals surface area contributed by atoms with Crippen LogP contribution in [0.5, 0.6) is 11.5 Å². The smallest absolute Gasteiger partial charge is 0.127 e. The van der Waals surface area contributed by atoms with E-state index in [9.17, 15) is 0 Å². The largest absolute Gasteiger partial charge is 0.497 e. The number of rotatable bonds is 6. The highest BCUT2D eigenvalue weighted by Gasteiger charge is 2.07. The fourth-order valence-corrected chi connectivity index (χ4v) is 1.84. The zero-order valence-electron chi connectivity index (χ0n) is 11.2. The quantitative estimate of drug-likeness (QED) is 0.835. The van der Waals surface area contributed by atoms with E-state index in [0.29, 0.717) is 13.1 Å². The van der Waals surface area contributed by atoms with Gasteiger partial charge >= 0.3 is 0 Å². The number of nitrogens with zero attached hydrogens (tertiary/aromatic N) is 3. The van der Waals surface area contributed by atoms with Crippen molar-refractivity contribution in [1.82, 2.24) is 15.0 Å². The predicted octanol–water partition coefficient (Wildman–Crippen LogP) is 0.845. The minimum absolute atomic E-state index is 0.574. The molecule has 0 atom stereocenters. The lowest BCUT2D eigenvalue weighted by molar-refractivity contribution is 0.389. The lowest BCUT2D eigenvalue weighted by Crippen LogP contribution is -2.03. The first kappa shape index (κ1) is 13.4. The minimum Gasteiger partial charge on any atom is -0.497 e. The molecule has 1 heterocycles. The van der Waals surface area contributed by atoms with Gasteiger partial charge in [-0.2, -0.15) is 0 Å². The molecule has 2 rings (SSSR count). The van der Waals surface area contributed by atoms with Crippen LogP contribution in [0.25, 0.3) is 0 Å². The summed E-state index contributed by atoms with van der Waals surface area (Å²) in [5, 5.41) is 8.13. The van der Waals surface area contributed by atoms with Crippen LogP contribution in [-0.4, -0.2) is 35.8 Å². The van der Waals surface area contributed by atoms with Gasteiger partial charge in [-0.3, -0.25) is 0 Å². The maximum Gasteiger partial charge on any atom is 0.127 e. The Bertz CT molecular complexity index is 539. The Balaban J connectivity index is 2.17. The summed E-state index contributed by atoms with van der Waals surface area (Å²) in [6.45, 7) is 1.18.